The van der Waals surface area contributed by atoms with Crippen LogP contribution in [0.2, 0.25) is 0 Å². The number of amides is 2. The van der Waals surface area contributed by atoms with Crippen molar-refractivity contribution in [1.29, 1.82) is 0 Å². The van der Waals surface area contributed by atoms with Crippen LogP contribution >= 0.6 is 0 Å². The fourth-order valence-electron chi connectivity index (χ4n) is 3.61. The van der Waals surface area contributed by atoms with E-state index in [1.54, 1.807) is 12.1 Å². The summed E-state index contributed by atoms with van der Waals surface area (Å²) in [5, 5.41) is 2.86. The normalized spacial score (nSPS) is 14.8. The summed E-state index contributed by atoms with van der Waals surface area (Å²) in [6, 6.07) is 5.27. The van der Waals surface area contributed by atoms with E-state index in [9.17, 15) is 27.2 Å². The highest BCUT2D eigenvalue weighted by molar-refractivity contribution is 5.96. The molecule has 0 bridgehead atoms. The number of alkyl halides is 3. The number of anilines is 1. The van der Waals surface area contributed by atoms with E-state index in [0.717, 1.165) is 6.42 Å². The van der Waals surface area contributed by atoms with Crippen LogP contribution in [-0.4, -0.2) is 54.4 Å². The Morgan fingerprint density at radius 3 is 2.26 bits per heavy atom. The van der Waals surface area contributed by atoms with Gasteiger partial charge in [-0.1, -0.05) is 20.8 Å². The second kappa shape index (κ2) is 9.99. The number of carbonyl (C=O) groups is 2. The van der Waals surface area contributed by atoms with E-state index in [0.29, 0.717) is 49.2 Å². The molecule has 0 radical (unpaired) electrons. The van der Waals surface area contributed by atoms with Gasteiger partial charge in [0.2, 0.25) is 0 Å². The third-order valence-corrected chi connectivity index (χ3v) is 5.58. The van der Waals surface area contributed by atoms with E-state index in [4.69, 9.17) is 0 Å². The second-order valence-corrected chi connectivity index (χ2v) is 9.44. The number of rotatable bonds is 5. The summed E-state index contributed by atoms with van der Waals surface area (Å²) < 4.78 is 53.4. The summed E-state index contributed by atoms with van der Waals surface area (Å²) >= 11 is 0. The molecular formula is C24H28F4N4O2. The van der Waals surface area contributed by atoms with E-state index < -0.39 is 29.0 Å². The zero-order valence-electron chi connectivity index (χ0n) is 19.4. The van der Waals surface area contributed by atoms with Crippen molar-refractivity contribution < 1.29 is 27.2 Å². The molecule has 0 aliphatic carbocycles. The average Bonchev–Trinajstić information content (AvgIpc) is 2.77. The number of benzene rings is 1. The molecule has 1 aliphatic heterocycles. The van der Waals surface area contributed by atoms with Crippen molar-refractivity contribution >= 4 is 17.6 Å². The smallest absolute Gasteiger partial charge is 0.353 e. The largest absolute Gasteiger partial charge is 0.417 e. The lowest BCUT2D eigenvalue weighted by Gasteiger charge is -2.35. The van der Waals surface area contributed by atoms with Crippen molar-refractivity contribution in [3.8, 4) is 0 Å². The van der Waals surface area contributed by atoms with E-state index in [1.165, 1.54) is 11.1 Å². The number of carbonyl (C=O) groups excluding carboxylic acids is 2. The Labute approximate surface area is 196 Å². The number of hydrogen-bond donors (Lipinski definition) is 1. The number of piperazine rings is 1. The molecule has 1 saturated heterocycles. The van der Waals surface area contributed by atoms with Crippen LogP contribution in [0.3, 0.4) is 0 Å². The maximum absolute atomic E-state index is 13.6. The van der Waals surface area contributed by atoms with Crippen molar-refractivity contribution in [1.82, 2.24) is 15.2 Å². The summed E-state index contributed by atoms with van der Waals surface area (Å²) in [7, 11) is 0. The number of aromatic nitrogens is 1. The number of halogens is 4. The maximum atomic E-state index is 13.6. The van der Waals surface area contributed by atoms with Gasteiger partial charge >= 0.3 is 6.18 Å². The van der Waals surface area contributed by atoms with Crippen LogP contribution in [0.25, 0.3) is 0 Å². The molecule has 1 aromatic carbocycles. The van der Waals surface area contributed by atoms with E-state index in [2.05, 4.69) is 31.1 Å². The average molecular weight is 481 g/mol. The number of pyridine rings is 1. The van der Waals surface area contributed by atoms with Gasteiger partial charge in [-0.3, -0.25) is 9.59 Å². The first-order chi connectivity index (χ1) is 15.8. The van der Waals surface area contributed by atoms with E-state index in [1.807, 2.05) is 4.90 Å². The minimum atomic E-state index is -4.76. The van der Waals surface area contributed by atoms with E-state index >= 15 is 0 Å². The summed E-state index contributed by atoms with van der Waals surface area (Å²) in [5.41, 5.74) is -1.31. The number of hydrogen-bond acceptors (Lipinski definition) is 4. The molecule has 0 atom stereocenters. The molecule has 2 aromatic rings. The zero-order chi connectivity index (χ0) is 25.1. The highest BCUT2D eigenvalue weighted by Gasteiger charge is 2.37. The Kier molecular flexibility index (Phi) is 7.48. The Hall–Kier alpha value is -3.17. The molecule has 2 amide bonds. The quantitative estimate of drug-likeness (QED) is 0.646. The van der Waals surface area contributed by atoms with Crippen molar-refractivity contribution in [3.63, 3.8) is 0 Å². The minimum absolute atomic E-state index is 0.113. The molecule has 10 heteroatoms. The minimum Gasteiger partial charge on any atom is -0.353 e. The second-order valence-electron chi connectivity index (χ2n) is 9.44. The first kappa shape index (κ1) is 25.5. The van der Waals surface area contributed by atoms with Crippen LogP contribution < -0.4 is 10.2 Å². The maximum Gasteiger partial charge on any atom is 0.417 e. The fourth-order valence-corrected chi connectivity index (χ4v) is 3.61. The molecule has 6 nitrogen and oxygen atoms in total. The molecule has 1 fully saturated rings. The summed E-state index contributed by atoms with van der Waals surface area (Å²) in [5.74, 6) is -1.38. The number of nitrogens with one attached hydrogen (secondary N) is 1. The highest BCUT2D eigenvalue weighted by Crippen LogP contribution is 2.33. The van der Waals surface area contributed by atoms with Gasteiger partial charge < -0.3 is 15.1 Å². The Morgan fingerprint density at radius 2 is 1.71 bits per heavy atom. The Bertz CT molecular complexity index is 1020. The first-order valence-corrected chi connectivity index (χ1v) is 11.0. The molecule has 0 saturated carbocycles. The van der Waals surface area contributed by atoms with Gasteiger partial charge in [-0.25, -0.2) is 9.37 Å². The van der Waals surface area contributed by atoms with Crippen LogP contribution in [-0.2, 0) is 6.18 Å². The van der Waals surface area contributed by atoms with Crippen LogP contribution in [0.1, 0.15) is 53.5 Å². The van der Waals surface area contributed by atoms with Crippen LogP contribution in [0.5, 0.6) is 0 Å². The zero-order valence-corrected chi connectivity index (χ0v) is 19.4. The van der Waals surface area contributed by atoms with Crippen LogP contribution in [0, 0.1) is 11.2 Å². The van der Waals surface area contributed by atoms with Crippen molar-refractivity contribution in [2.24, 2.45) is 5.41 Å². The van der Waals surface area contributed by atoms with Crippen molar-refractivity contribution in [3.05, 3.63) is 59.0 Å². The summed E-state index contributed by atoms with van der Waals surface area (Å²) in [6.07, 6.45) is -2.44. The molecule has 1 N–H and O–H groups in total. The van der Waals surface area contributed by atoms with Crippen molar-refractivity contribution in [2.45, 2.75) is 33.4 Å². The highest BCUT2D eigenvalue weighted by atomic mass is 19.4. The molecule has 0 unspecified atom stereocenters. The van der Waals surface area contributed by atoms with Gasteiger partial charge in [0.05, 0.1) is 16.7 Å². The Morgan fingerprint density at radius 1 is 1.03 bits per heavy atom. The molecule has 3 rings (SSSR count). The topological polar surface area (TPSA) is 65.5 Å². The predicted octanol–water partition coefficient (Wildman–Crippen LogP) is 4.37. The molecule has 1 aliphatic rings. The molecule has 0 spiro atoms. The molecule has 184 valence electrons. The first-order valence-electron chi connectivity index (χ1n) is 11.0. The molecule has 1 aromatic heterocycles. The third-order valence-electron chi connectivity index (χ3n) is 5.58. The van der Waals surface area contributed by atoms with E-state index in [-0.39, 0.29) is 24.4 Å². The van der Waals surface area contributed by atoms with Gasteiger partial charge in [0.15, 0.2) is 0 Å². The van der Waals surface area contributed by atoms with Gasteiger partial charge in [-0.05, 0) is 42.2 Å². The third kappa shape index (κ3) is 6.45. The van der Waals surface area contributed by atoms with Gasteiger partial charge in [0, 0.05) is 38.9 Å². The lowest BCUT2D eigenvalue weighted by atomic mass is 9.92. The fraction of sp³-hybridized carbons (Fsp3) is 0.458. The molecule has 34 heavy (non-hydrogen) atoms. The van der Waals surface area contributed by atoms with Gasteiger partial charge in [0.25, 0.3) is 11.8 Å². The predicted molar refractivity (Wildman–Crippen MR) is 120 cm³/mol. The lowest BCUT2D eigenvalue weighted by Crippen LogP contribution is -2.49. The lowest BCUT2D eigenvalue weighted by molar-refractivity contribution is -0.138. The Balaban J connectivity index is 1.60. The SMILES string of the molecule is CC(C)(C)CCNC(=O)c1ccc(N2CCN(C(=O)c3cc(F)ccc3C(F)(F)F)CC2)nc1. The summed E-state index contributed by atoms with van der Waals surface area (Å²) in [6.45, 7) is 7.83. The van der Waals surface area contributed by atoms with Crippen LogP contribution in [0.15, 0.2) is 36.5 Å². The van der Waals surface area contributed by atoms with Crippen LogP contribution in [0.4, 0.5) is 23.4 Å². The number of nitrogens with zero attached hydrogens (tertiary/aromatic N) is 3. The van der Waals surface area contributed by atoms with Gasteiger partial charge in [0.1, 0.15) is 11.6 Å². The summed E-state index contributed by atoms with van der Waals surface area (Å²) in [4.78, 5) is 32.5. The van der Waals surface area contributed by atoms with Gasteiger partial charge in [-0.2, -0.15) is 13.2 Å². The standard InChI is InChI=1S/C24H28F4N4O2/c1-23(2,3)8-9-29-21(33)16-4-7-20(30-15-16)31-10-12-32(13-11-31)22(34)18-14-17(25)5-6-19(18)24(26,27)28/h4-7,14-15H,8-13H2,1-3H3,(H,29,33). The molecule has 2 heterocycles. The monoisotopic (exact) mass is 480 g/mol. The van der Waals surface area contributed by atoms with Gasteiger partial charge in [-0.15, -0.1) is 0 Å². The molecular weight excluding hydrogens is 452 g/mol. The van der Waals surface area contributed by atoms with Crippen molar-refractivity contribution in [2.75, 3.05) is 37.6 Å².